The van der Waals surface area contributed by atoms with E-state index in [1.54, 1.807) is 18.2 Å². The third-order valence-corrected chi connectivity index (χ3v) is 4.19. The zero-order valence-corrected chi connectivity index (χ0v) is 12.2. The fourth-order valence-electron chi connectivity index (χ4n) is 2.77. The zero-order chi connectivity index (χ0) is 14.7. The number of ketones is 1. The van der Waals surface area contributed by atoms with Gasteiger partial charge in [-0.3, -0.25) is 9.69 Å². The van der Waals surface area contributed by atoms with Gasteiger partial charge >= 0.3 is 0 Å². The van der Waals surface area contributed by atoms with Gasteiger partial charge in [-0.1, -0.05) is 0 Å². The molecule has 0 bridgehead atoms. The molecule has 1 aliphatic heterocycles. The molecule has 1 aromatic carbocycles. The van der Waals surface area contributed by atoms with E-state index in [1.807, 2.05) is 6.92 Å². The molecule has 2 rings (SSSR count). The Labute approximate surface area is 120 Å². The maximum Gasteiger partial charge on any atom is 0.159 e. The first-order chi connectivity index (χ1) is 9.47. The minimum absolute atomic E-state index is 0.0130. The van der Waals surface area contributed by atoms with E-state index < -0.39 is 0 Å². The van der Waals surface area contributed by atoms with Crippen molar-refractivity contribution in [3.8, 4) is 5.75 Å². The number of likely N-dealkylation sites (tertiary alicyclic amines) is 1. The number of carbonyl (C=O) groups is 1. The molecule has 0 aromatic heterocycles. The van der Waals surface area contributed by atoms with E-state index in [9.17, 15) is 15.0 Å². The number of carbonyl (C=O) groups excluding carboxylic acids is 1. The summed E-state index contributed by atoms with van der Waals surface area (Å²) in [5, 5.41) is 19.5. The van der Waals surface area contributed by atoms with Gasteiger partial charge in [0, 0.05) is 17.7 Å². The number of phenolic OH excluding ortho intramolecular Hbond substituents is 1. The Balaban J connectivity index is 2.00. The first-order valence-electron chi connectivity index (χ1n) is 7.20. The summed E-state index contributed by atoms with van der Waals surface area (Å²) in [7, 11) is 0. The molecule has 4 nitrogen and oxygen atoms in total. The van der Waals surface area contributed by atoms with Crippen molar-refractivity contribution in [2.24, 2.45) is 5.92 Å². The predicted molar refractivity (Wildman–Crippen MR) is 77.8 cm³/mol. The minimum Gasteiger partial charge on any atom is -0.508 e. The summed E-state index contributed by atoms with van der Waals surface area (Å²) in [6, 6.07) is 5.02. The van der Waals surface area contributed by atoms with Crippen molar-refractivity contribution in [2.75, 3.05) is 13.1 Å². The van der Waals surface area contributed by atoms with Crippen molar-refractivity contribution in [3.05, 3.63) is 29.3 Å². The number of aliphatic hydroxyl groups excluding tert-OH is 1. The highest BCUT2D eigenvalue weighted by molar-refractivity contribution is 5.94. The molecule has 1 saturated heterocycles. The van der Waals surface area contributed by atoms with Crippen molar-refractivity contribution in [1.29, 1.82) is 0 Å². The number of Topliss-reactive ketones (excluding diaryl/α,β-unsaturated/α-hetero) is 1. The van der Waals surface area contributed by atoms with Crippen LogP contribution >= 0.6 is 0 Å². The fraction of sp³-hybridized carbons (Fsp3) is 0.562. The second-order valence-electron chi connectivity index (χ2n) is 5.75. The minimum atomic E-state index is -0.244. The Morgan fingerprint density at radius 3 is 2.60 bits per heavy atom. The SMILES string of the molecule is CC(=O)c1ccc(O)c(CN2CCC(C(C)O)CC2)c1. The number of aromatic hydroxyl groups is 1. The van der Waals surface area contributed by atoms with Gasteiger partial charge < -0.3 is 10.2 Å². The van der Waals surface area contributed by atoms with E-state index in [0.29, 0.717) is 18.0 Å². The lowest BCUT2D eigenvalue weighted by molar-refractivity contribution is 0.0692. The highest BCUT2D eigenvalue weighted by Gasteiger charge is 2.23. The summed E-state index contributed by atoms with van der Waals surface area (Å²) >= 11 is 0. The Hall–Kier alpha value is -1.39. The molecule has 0 aliphatic carbocycles. The van der Waals surface area contributed by atoms with E-state index in [2.05, 4.69) is 4.90 Å². The number of hydrogen-bond acceptors (Lipinski definition) is 4. The molecule has 4 heteroatoms. The molecule has 1 heterocycles. The summed E-state index contributed by atoms with van der Waals surface area (Å²) in [6.45, 7) is 5.87. The lowest BCUT2D eigenvalue weighted by Gasteiger charge is -2.33. The topological polar surface area (TPSA) is 60.8 Å². The Kier molecular flexibility index (Phi) is 4.78. The summed E-state index contributed by atoms with van der Waals surface area (Å²) in [4.78, 5) is 13.7. The van der Waals surface area contributed by atoms with Gasteiger partial charge in [0.25, 0.3) is 0 Å². The second-order valence-corrected chi connectivity index (χ2v) is 5.75. The van der Waals surface area contributed by atoms with E-state index in [-0.39, 0.29) is 17.6 Å². The summed E-state index contributed by atoms with van der Waals surface area (Å²) in [5.41, 5.74) is 1.44. The van der Waals surface area contributed by atoms with Crippen LogP contribution in [-0.4, -0.2) is 40.1 Å². The van der Waals surface area contributed by atoms with E-state index in [4.69, 9.17) is 0 Å². The van der Waals surface area contributed by atoms with Gasteiger partial charge in [0.1, 0.15) is 5.75 Å². The van der Waals surface area contributed by atoms with Gasteiger partial charge in [-0.25, -0.2) is 0 Å². The highest BCUT2D eigenvalue weighted by atomic mass is 16.3. The van der Waals surface area contributed by atoms with Gasteiger partial charge in [0.05, 0.1) is 6.10 Å². The van der Waals surface area contributed by atoms with Gasteiger partial charge in [-0.05, 0) is 63.9 Å². The average molecular weight is 277 g/mol. The smallest absolute Gasteiger partial charge is 0.159 e. The maximum atomic E-state index is 11.4. The van der Waals surface area contributed by atoms with Crippen LogP contribution in [-0.2, 0) is 6.54 Å². The van der Waals surface area contributed by atoms with E-state index in [0.717, 1.165) is 31.5 Å². The summed E-state index contributed by atoms with van der Waals surface area (Å²) in [5.74, 6) is 0.634. The molecule has 0 saturated carbocycles. The van der Waals surface area contributed by atoms with Crippen molar-refractivity contribution in [2.45, 2.75) is 39.3 Å². The van der Waals surface area contributed by atoms with Crippen LogP contribution in [0.15, 0.2) is 18.2 Å². The molecule has 1 atom stereocenters. The normalized spacial score (nSPS) is 18.9. The second kappa shape index (κ2) is 6.37. The van der Waals surface area contributed by atoms with Crippen molar-refractivity contribution >= 4 is 5.78 Å². The highest BCUT2D eigenvalue weighted by Crippen LogP contribution is 2.25. The molecule has 20 heavy (non-hydrogen) atoms. The van der Waals surface area contributed by atoms with Gasteiger partial charge in [0.15, 0.2) is 5.78 Å². The predicted octanol–water partition coefficient (Wildman–Crippen LogP) is 2.19. The van der Waals surface area contributed by atoms with Crippen molar-refractivity contribution in [3.63, 3.8) is 0 Å². The summed E-state index contributed by atoms with van der Waals surface area (Å²) in [6.07, 6.45) is 1.71. The number of phenols is 1. The number of hydrogen-bond donors (Lipinski definition) is 2. The Morgan fingerprint density at radius 1 is 1.40 bits per heavy atom. The monoisotopic (exact) mass is 277 g/mol. The third-order valence-electron chi connectivity index (χ3n) is 4.19. The first-order valence-corrected chi connectivity index (χ1v) is 7.20. The lowest BCUT2D eigenvalue weighted by atomic mass is 9.92. The molecule has 1 fully saturated rings. The Bertz CT molecular complexity index is 477. The van der Waals surface area contributed by atoms with Crippen LogP contribution in [0.5, 0.6) is 5.75 Å². The molecule has 110 valence electrons. The van der Waals surface area contributed by atoms with Crippen LogP contribution in [0.3, 0.4) is 0 Å². The number of piperidine rings is 1. The first kappa shape index (κ1) is 15.0. The van der Waals surface area contributed by atoms with Crippen LogP contribution in [0, 0.1) is 5.92 Å². The average Bonchev–Trinajstić information content (AvgIpc) is 2.41. The number of nitrogens with zero attached hydrogens (tertiary/aromatic N) is 1. The van der Waals surface area contributed by atoms with Crippen LogP contribution in [0.1, 0.15) is 42.6 Å². The molecular formula is C16H23NO3. The fourth-order valence-corrected chi connectivity index (χ4v) is 2.77. The van der Waals surface area contributed by atoms with Crippen LogP contribution in [0.25, 0.3) is 0 Å². The molecular weight excluding hydrogens is 254 g/mol. The van der Waals surface area contributed by atoms with Crippen LogP contribution < -0.4 is 0 Å². The maximum absolute atomic E-state index is 11.4. The molecule has 0 spiro atoms. The zero-order valence-electron chi connectivity index (χ0n) is 12.2. The van der Waals surface area contributed by atoms with Gasteiger partial charge in [-0.2, -0.15) is 0 Å². The van der Waals surface area contributed by atoms with Crippen molar-refractivity contribution in [1.82, 2.24) is 4.90 Å². The van der Waals surface area contributed by atoms with Crippen LogP contribution in [0.4, 0.5) is 0 Å². The quantitative estimate of drug-likeness (QED) is 0.828. The van der Waals surface area contributed by atoms with E-state index >= 15 is 0 Å². The Morgan fingerprint density at radius 2 is 2.05 bits per heavy atom. The van der Waals surface area contributed by atoms with E-state index in [1.165, 1.54) is 6.92 Å². The number of rotatable bonds is 4. The molecule has 0 amide bonds. The molecule has 1 unspecified atom stereocenters. The lowest BCUT2D eigenvalue weighted by Crippen LogP contribution is -2.36. The van der Waals surface area contributed by atoms with Gasteiger partial charge in [-0.15, -0.1) is 0 Å². The third kappa shape index (κ3) is 3.58. The molecule has 1 aromatic rings. The summed E-state index contributed by atoms with van der Waals surface area (Å²) < 4.78 is 0. The molecule has 2 N–H and O–H groups in total. The standard InChI is InChI=1S/C16H23NO3/c1-11(18)13-5-7-17(8-6-13)10-15-9-14(12(2)19)3-4-16(15)20/h3-4,9,11,13,18,20H,5-8,10H2,1-2H3. The number of benzene rings is 1. The van der Waals surface area contributed by atoms with Gasteiger partial charge in [0.2, 0.25) is 0 Å². The number of aliphatic hydroxyl groups is 1. The van der Waals surface area contributed by atoms with Crippen molar-refractivity contribution < 1.29 is 15.0 Å². The molecule has 0 radical (unpaired) electrons. The molecule has 1 aliphatic rings. The largest absolute Gasteiger partial charge is 0.508 e. The van der Waals surface area contributed by atoms with Crippen LogP contribution in [0.2, 0.25) is 0 Å².